The van der Waals surface area contributed by atoms with E-state index in [4.69, 9.17) is 0 Å². The smallest absolute Gasteiger partial charge is 0.0165 e. The zero-order chi connectivity index (χ0) is 28.4. The molecule has 0 bridgehead atoms. The van der Waals surface area contributed by atoms with Crippen LogP contribution in [-0.4, -0.2) is 0 Å². The van der Waals surface area contributed by atoms with Crippen molar-refractivity contribution in [3.63, 3.8) is 0 Å². The first-order valence-corrected chi connectivity index (χ1v) is 15.3. The van der Waals surface area contributed by atoms with Gasteiger partial charge in [-0.3, -0.25) is 0 Å². The Kier molecular flexibility index (Phi) is 4.35. The number of rotatable bonds is 1. The highest BCUT2D eigenvalue weighted by molar-refractivity contribution is 6.20. The summed E-state index contributed by atoms with van der Waals surface area (Å²) in [6.07, 6.45) is 0. The van der Waals surface area contributed by atoms with Gasteiger partial charge in [-0.2, -0.15) is 0 Å². The molecule has 200 valence electrons. The molecule has 2 aliphatic carbocycles. The molecule has 0 amide bonds. The van der Waals surface area contributed by atoms with Crippen LogP contribution in [0.4, 0.5) is 0 Å². The van der Waals surface area contributed by atoms with Gasteiger partial charge < -0.3 is 0 Å². The standard InChI is InChI=1S/C43H28/c1-43(2)39-24-27-22-26(28-20-21-36-30-11-4-3-10-29(30)34-17-9-16-33(28)40(34)36)19-18-25(27)23-38(39)41-35-14-7-5-12-31(35)32-13-6-8-15-37(32)42(41)43/h3-24H,1-2H3. The van der Waals surface area contributed by atoms with Gasteiger partial charge in [-0.1, -0.05) is 129 Å². The molecule has 0 saturated carbocycles. The number of benzene rings is 8. The van der Waals surface area contributed by atoms with E-state index in [1.807, 2.05) is 0 Å². The molecule has 0 heterocycles. The van der Waals surface area contributed by atoms with Crippen molar-refractivity contribution >= 4 is 43.1 Å². The summed E-state index contributed by atoms with van der Waals surface area (Å²) in [4.78, 5) is 0. The summed E-state index contributed by atoms with van der Waals surface area (Å²) >= 11 is 0. The summed E-state index contributed by atoms with van der Waals surface area (Å²) in [7, 11) is 0. The van der Waals surface area contributed by atoms with E-state index in [0.717, 1.165) is 0 Å². The maximum Gasteiger partial charge on any atom is 0.0165 e. The van der Waals surface area contributed by atoms with Crippen LogP contribution >= 0.6 is 0 Å². The van der Waals surface area contributed by atoms with Crippen LogP contribution in [0.2, 0.25) is 0 Å². The molecule has 0 aromatic heterocycles. The lowest BCUT2D eigenvalue weighted by Crippen LogP contribution is -2.15. The van der Waals surface area contributed by atoms with Crippen molar-refractivity contribution in [1.82, 2.24) is 0 Å². The predicted molar refractivity (Wildman–Crippen MR) is 184 cm³/mol. The maximum absolute atomic E-state index is 2.48. The molecule has 0 nitrogen and oxygen atoms in total. The molecule has 8 aromatic carbocycles. The monoisotopic (exact) mass is 544 g/mol. The van der Waals surface area contributed by atoms with Gasteiger partial charge in [-0.15, -0.1) is 0 Å². The largest absolute Gasteiger partial charge is 0.0616 e. The summed E-state index contributed by atoms with van der Waals surface area (Å²) in [5, 5.41) is 10.7. The first-order chi connectivity index (χ1) is 21.1. The molecule has 10 rings (SSSR count). The van der Waals surface area contributed by atoms with E-state index in [1.54, 1.807) is 0 Å². The first kappa shape index (κ1) is 23.4. The minimum atomic E-state index is -0.105. The average Bonchev–Trinajstić information content (AvgIpc) is 3.50. The van der Waals surface area contributed by atoms with E-state index < -0.39 is 0 Å². The fraction of sp³-hybridized carbons (Fsp3) is 0.0698. The molecule has 0 heteroatoms. The Morgan fingerprint density at radius 2 is 1.00 bits per heavy atom. The molecule has 0 saturated heterocycles. The molecule has 2 aliphatic rings. The van der Waals surface area contributed by atoms with Crippen molar-refractivity contribution in [2.24, 2.45) is 0 Å². The molecule has 8 aromatic rings. The van der Waals surface area contributed by atoms with Crippen LogP contribution in [0.3, 0.4) is 0 Å². The van der Waals surface area contributed by atoms with E-state index in [-0.39, 0.29) is 5.41 Å². The molecule has 0 radical (unpaired) electrons. The van der Waals surface area contributed by atoms with Crippen LogP contribution in [0, 0.1) is 0 Å². The second-order valence-electron chi connectivity index (χ2n) is 12.9. The van der Waals surface area contributed by atoms with E-state index in [9.17, 15) is 0 Å². The molecule has 0 N–H and O–H groups in total. The van der Waals surface area contributed by atoms with Gasteiger partial charge in [0.05, 0.1) is 0 Å². The number of hydrogen-bond donors (Lipinski definition) is 0. The van der Waals surface area contributed by atoms with Crippen molar-refractivity contribution in [3.05, 3.63) is 145 Å². The zero-order valence-corrected chi connectivity index (χ0v) is 24.2. The summed E-state index contributed by atoms with van der Waals surface area (Å²) in [5.41, 5.74) is 13.5. The fourth-order valence-electron chi connectivity index (χ4n) is 8.45. The highest BCUT2D eigenvalue weighted by Gasteiger charge is 2.38. The summed E-state index contributed by atoms with van der Waals surface area (Å²) in [5.74, 6) is 0. The van der Waals surface area contributed by atoms with Crippen LogP contribution in [0.1, 0.15) is 25.0 Å². The van der Waals surface area contributed by atoms with Crippen molar-refractivity contribution in [2.45, 2.75) is 19.3 Å². The Morgan fingerprint density at radius 1 is 0.395 bits per heavy atom. The summed E-state index contributed by atoms with van der Waals surface area (Å²) in [6.45, 7) is 4.82. The van der Waals surface area contributed by atoms with Gasteiger partial charge in [0.15, 0.2) is 0 Å². The van der Waals surface area contributed by atoms with Crippen molar-refractivity contribution in [3.8, 4) is 44.5 Å². The lowest BCUT2D eigenvalue weighted by Gasteiger charge is -2.24. The minimum Gasteiger partial charge on any atom is -0.0616 e. The SMILES string of the molecule is CC1(C)c2cc3cc(-c4ccc5c6c(cccc46)-c4ccccc4-5)ccc3cc2-c2c1c1ccccc1c1ccccc21. The summed E-state index contributed by atoms with van der Waals surface area (Å²) in [6, 6.07) is 50.2. The highest BCUT2D eigenvalue weighted by Crippen LogP contribution is 2.55. The maximum atomic E-state index is 2.48. The van der Waals surface area contributed by atoms with Gasteiger partial charge in [-0.25, -0.2) is 0 Å². The topological polar surface area (TPSA) is 0 Å². The van der Waals surface area contributed by atoms with Crippen LogP contribution in [0.5, 0.6) is 0 Å². The second-order valence-corrected chi connectivity index (χ2v) is 12.9. The Labute approximate surface area is 250 Å². The van der Waals surface area contributed by atoms with Gasteiger partial charge >= 0.3 is 0 Å². The van der Waals surface area contributed by atoms with Gasteiger partial charge in [0, 0.05) is 5.41 Å². The molecule has 0 aliphatic heterocycles. The predicted octanol–water partition coefficient (Wildman–Crippen LogP) is 11.9. The molecule has 0 fully saturated rings. The van der Waals surface area contributed by atoms with Gasteiger partial charge in [0.25, 0.3) is 0 Å². The van der Waals surface area contributed by atoms with Gasteiger partial charge in [0.1, 0.15) is 0 Å². The molecule has 0 atom stereocenters. The van der Waals surface area contributed by atoms with Crippen molar-refractivity contribution < 1.29 is 0 Å². The van der Waals surface area contributed by atoms with Crippen molar-refractivity contribution in [2.75, 3.05) is 0 Å². The van der Waals surface area contributed by atoms with Gasteiger partial charge in [-0.05, 0) is 117 Å². The molecular weight excluding hydrogens is 516 g/mol. The van der Waals surface area contributed by atoms with E-state index in [2.05, 4.69) is 147 Å². The lowest BCUT2D eigenvalue weighted by atomic mass is 9.79. The number of hydrogen-bond acceptors (Lipinski definition) is 0. The Hall–Kier alpha value is -5.20. The van der Waals surface area contributed by atoms with E-state index >= 15 is 0 Å². The van der Waals surface area contributed by atoms with E-state index in [0.29, 0.717) is 0 Å². The first-order valence-electron chi connectivity index (χ1n) is 15.3. The van der Waals surface area contributed by atoms with E-state index in [1.165, 1.54) is 98.7 Å². The fourth-order valence-corrected chi connectivity index (χ4v) is 8.45. The third-order valence-electron chi connectivity index (χ3n) is 10.3. The third-order valence-corrected chi connectivity index (χ3v) is 10.3. The minimum absolute atomic E-state index is 0.105. The molecule has 43 heavy (non-hydrogen) atoms. The van der Waals surface area contributed by atoms with Crippen molar-refractivity contribution in [1.29, 1.82) is 0 Å². The quantitative estimate of drug-likeness (QED) is 0.180. The summed E-state index contributed by atoms with van der Waals surface area (Å²) < 4.78 is 0. The zero-order valence-electron chi connectivity index (χ0n) is 24.2. The Balaban J connectivity index is 1.21. The highest BCUT2D eigenvalue weighted by atomic mass is 14.4. The van der Waals surface area contributed by atoms with Crippen LogP contribution in [0.15, 0.2) is 133 Å². The third kappa shape index (κ3) is 2.91. The normalized spacial score (nSPS) is 14.0. The molecular formula is C43H28. The lowest BCUT2D eigenvalue weighted by molar-refractivity contribution is 0.667. The van der Waals surface area contributed by atoms with Crippen LogP contribution < -0.4 is 0 Å². The number of fused-ring (bicyclic) bond motifs is 12. The molecule has 0 unspecified atom stereocenters. The van der Waals surface area contributed by atoms with Crippen LogP contribution in [0.25, 0.3) is 87.6 Å². The Bertz CT molecular complexity index is 2500. The van der Waals surface area contributed by atoms with Crippen LogP contribution in [-0.2, 0) is 5.41 Å². The average molecular weight is 545 g/mol. The van der Waals surface area contributed by atoms with Gasteiger partial charge in [0.2, 0.25) is 0 Å². The second kappa shape index (κ2) is 8.00. The molecule has 0 spiro atoms. The Morgan fingerprint density at radius 3 is 1.79 bits per heavy atom.